The molecular formula is C13H12F5NO2. The molecule has 1 aromatic carbocycles. The van der Waals surface area contributed by atoms with E-state index in [0.29, 0.717) is 12.5 Å². The molecule has 0 aromatic heterocycles. The second kappa shape index (κ2) is 5.97. The van der Waals surface area contributed by atoms with Gasteiger partial charge in [-0.15, -0.1) is 0 Å². The summed E-state index contributed by atoms with van der Waals surface area (Å²) in [5.41, 5.74) is -0.949. The largest absolute Gasteiger partial charge is 0.412 e. The Bertz CT molecular complexity index is 526. The number of ether oxygens (including phenoxy) is 1. The molecule has 116 valence electrons. The molecule has 1 heterocycles. The van der Waals surface area contributed by atoms with Crippen molar-refractivity contribution in [2.45, 2.75) is 18.6 Å². The number of alkyl halides is 3. The Kier molecular flexibility index (Phi) is 4.46. The van der Waals surface area contributed by atoms with E-state index in [1.54, 1.807) is 5.32 Å². The number of hydrogen-bond donors (Lipinski definition) is 1. The van der Waals surface area contributed by atoms with Gasteiger partial charge in [-0.25, -0.2) is 8.78 Å². The Hall–Kier alpha value is -1.70. The summed E-state index contributed by atoms with van der Waals surface area (Å²) in [6.45, 7) is 0.297. The summed E-state index contributed by atoms with van der Waals surface area (Å²) in [6, 6.07) is -0.139. The molecule has 0 bridgehead atoms. The highest BCUT2D eigenvalue weighted by molar-refractivity contribution is 5.79. The van der Waals surface area contributed by atoms with Gasteiger partial charge in [-0.1, -0.05) is 12.1 Å². The maximum absolute atomic E-state index is 13.6. The minimum atomic E-state index is -4.94. The maximum Gasteiger partial charge on any atom is 0.412 e. The fraction of sp³-hybridized carbons (Fsp3) is 0.462. The predicted octanol–water partition coefficient (Wildman–Crippen LogP) is 2.72. The SMILES string of the molecule is O=C(N[C@H](c1cccc(F)c1F)C(F)(F)F)[C@H]1CCOC1. The van der Waals surface area contributed by atoms with Crippen LogP contribution < -0.4 is 5.32 Å². The van der Waals surface area contributed by atoms with Crippen molar-refractivity contribution >= 4 is 5.91 Å². The fourth-order valence-corrected chi connectivity index (χ4v) is 2.08. The van der Waals surface area contributed by atoms with E-state index in [1.165, 1.54) is 0 Å². The van der Waals surface area contributed by atoms with E-state index in [-0.39, 0.29) is 13.2 Å². The maximum atomic E-state index is 13.6. The lowest BCUT2D eigenvalue weighted by atomic mass is 10.0. The van der Waals surface area contributed by atoms with Crippen LogP contribution >= 0.6 is 0 Å². The molecule has 1 aromatic rings. The van der Waals surface area contributed by atoms with Crippen LogP contribution in [0.15, 0.2) is 18.2 Å². The lowest BCUT2D eigenvalue weighted by Gasteiger charge is -2.23. The van der Waals surface area contributed by atoms with Gasteiger partial charge < -0.3 is 10.1 Å². The molecule has 3 nitrogen and oxygen atoms in total. The zero-order valence-electron chi connectivity index (χ0n) is 10.7. The lowest BCUT2D eigenvalue weighted by Crippen LogP contribution is -2.41. The third kappa shape index (κ3) is 3.49. The number of amides is 1. The molecule has 0 radical (unpaired) electrons. The average Bonchev–Trinajstić information content (AvgIpc) is 2.92. The molecule has 2 atom stereocenters. The zero-order valence-corrected chi connectivity index (χ0v) is 10.7. The topological polar surface area (TPSA) is 38.3 Å². The van der Waals surface area contributed by atoms with Crippen LogP contribution in [0.3, 0.4) is 0 Å². The van der Waals surface area contributed by atoms with Crippen LogP contribution in [0, 0.1) is 17.6 Å². The van der Waals surface area contributed by atoms with Crippen molar-refractivity contribution in [2.75, 3.05) is 13.2 Å². The van der Waals surface area contributed by atoms with E-state index < -0.39 is 41.2 Å². The molecule has 1 saturated heterocycles. The van der Waals surface area contributed by atoms with Crippen LogP contribution in [0.1, 0.15) is 18.0 Å². The number of carbonyl (C=O) groups excluding carboxylic acids is 1. The minimum absolute atomic E-state index is 0.0159. The molecule has 21 heavy (non-hydrogen) atoms. The number of benzene rings is 1. The van der Waals surface area contributed by atoms with Gasteiger partial charge in [0.1, 0.15) is 0 Å². The van der Waals surface area contributed by atoms with Gasteiger partial charge in [-0.3, -0.25) is 4.79 Å². The van der Waals surface area contributed by atoms with Crippen molar-refractivity contribution in [2.24, 2.45) is 5.92 Å². The van der Waals surface area contributed by atoms with Crippen LogP contribution in [-0.4, -0.2) is 25.3 Å². The summed E-state index contributed by atoms with van der Waals surface area (Å²) >= 11 is 0. The van der Waals surface area contributed by atoms with Crippen LogP contribution in [0.2, 0.25) is 0 Å². The normalized spacial score (nSPS) is 20.3. The van der Waals surface area contributed by atoms with Crippen LogP contribution in [0.25, 0.3) is 0 Å². The van der Waals surface area contributed by atoms with Gasteiger partial charge in [0.15, 0.2) is 17.7 Å². The van der Waals surface area contributed by atoms with E-state index in [2.05, 4.69) is 0 Å². The Morgan fingerprint density at radius 2 is 2.05 bits per heavy atom. The van der Waals surface area contributed by atoms with Crippen molar-refractivity contribution in [3.8, 4) is 0 Å². The molecule has 1 amide bonds. The highest BCUT2D eigenvalue weighted by Crippen LogP contribution is 2.35. The predicted molar refractivity (Wildman–Crippen MR) is 62.2 cm³/mol. The van der Waals surface area contributed by atoms with Gasteiger partial charge in [-0.2, -0.15) is 13.2 Å². The smallest absolute Gasteiger partial charge is 0.381 e. The molecule has 8 heteroatoms. The number of rotatable bonds is 3. The third-order valence-electron chi connectivity index (χ3n) is 3.21. The number of halogens is 5. The third-order valence-corrected chi connectivity index (χ3v) is 3.21. The standard InChI is InChI=1S/C13H12F5NO2/c14-9-3-1-2-8(10(9)15)11(13(16,17)18)19-12(20)7-4-5-21-6-7/h1-3,7,11H,4-6H2,(H,19,20)/t7-,11+/m0/s1. The van der Waals surface area contributed by atoms with Crippen molar-refractivity contribution in [1.82, 2.24) is 5.32 Å². The number of nitrogens with one attached hydrogen (secondary N) is 1. The Labute approximate surface area is 117 Å². The Balaban J connectivity index is 2.26. The molecule has 1 N–H and O–H groups in total. The van der Waals surface area contributed by atoms with Gasteiger partial charge in [0.25, 0.3) is 0 Å². The van der Waals surface area contributed by atoms with Crippen molar-refractivity contribution in [3.05, 3.63) is 35.4 Å². The molecular weight excluding hydrogens is 297 g/mol. The molecule has 1 aliphatic heterocycles. The zero-order chi connectivity index (χ0) is 15.6. The van der Waals surface area contributed by atoms with Gasteiger partial charge in [0.05, 0.1) is 12.5 Å². The monoisotopic (exact) mass is 309 g/mol. The summed E-state index contributed by atoms with van der Waals surface area (Å²) in [5.74, 6) is -4.63. The summed E-state index contributed by atoms with van der Waals surface area (Å²) in [5, 5.41) is 1.73. The quantitative estimate of drug-likeness (QED) is 0.872. The van der Waals surface area contributed by atoms with Crippen LogP contribution in [0.5, 0.6) is 0 Å². The first-order valence-corrected chi connectivity index (χ1v) is 6.19. The van der Waals surface area contributed by atoms with E-state index >= 15 is 0 Å². The van der Waals surface area contributed by atoms with Gasteiger partial charge in [0.2, 0.25) is 5.91 Å². The van der Waals surface area contributed by atoms with E-state index in [1.807, 2.05) is 0 Å². The molecule has 0 saturated carbocycles. The highest BCUT2D eigenvalue weighted by atomic mass is 19.4. The first-order valence-electron chi connectivity index (χ1n) is 6.19. The van der Waals surface area contributed by atoms with Gasteiger partial charge in [-0.05, 0) is 12.5 Å². The molecule has 0 unspecified atom stereocenters. The molecule has 1 aliphatic rings. The van der Waals surface area contributed by atoms with Crippen molar-refractivity contribution in [3.63, 3.8) is 0 Å². The van der Waals surface area contributed by atoms with E-state index in [9.17, 15) is 26.7 Å². The first-order chi connectivity index (χ1) is 9.80. The van der Waals surface area contributed by atoms with Crippen LogP contribution in [-0.2, 0) is 9.53 Å². The number of hydrogen-bond acceptors (Lipinski definition) is 2. The summed E-state index contributed by atoms with van der Waals surface area (Å²) in [4.78, 5) is 11.8. The molecule has 0 spiro atoms. The minimum Gasteiger partial charge on any atom is -0.381 e. The second-order valence-electron chi connectivity index (χ2n) is 4.69. The van der Waals surface area contributed by atoms with Gasteiger partial charge >= 0.3 is 6.18 Å². The van der Waals surface area contributed by atoms with E-state index in [0.717, 1.165) is 12.1 Å². The Morgan fingerprint density at radius 1 is 1.33 bits per heavy atom. The average molecular weight is 309 g/mol. The van der Waals surface area contributed by atoms with E-state index in [4.69, 9.17) is 4.74 Å². The molecule has 1 fully saturated rings. The molecule has 2 rings (SSSR count). The van der Waals surface area contributed by atoms with Crippen molar-refractivity contribution < 1.29 is 31.5 Å². The van der Waals surface area contributed by atoms with Crippen molar-refractivity contribution in [1.29, 1.82) is 0 Å². The van der Waals surface area contributed by atoms with Crippen LogP contribution in [0.4, 0.5) is 22.0 Å². The summed E-state index contributed by atoms with van der Waals surface area (Å²) in [7, 11) is 0. The lowest BCUT2D eigenvalue weighted by molar-refractivity contribution is -0.165. The highest BCUT2D eigenvalue weighted by Gasteiger charge is 2.44. The first kappa shape index (κ1) is 15.7. The summed E-state index contributed by atoms with van der Waals surface area (Å²) in [6.07, 6.45) is -4.65. The molecule has 0 aliphatic carbocycles. The van der Waals surface area contributed by atoms with Gasteiger partial charge in [0, 0.05) is 12.2 Å². The number of carbonyl (C=O) groups is 1. The fourth-order valence-electron chi connectivity index (χ4n) is 2.08. The summed E-state index contributed by atoms with van der Waals surface area (Å²) < 4.78 is 70.7. The second-order valence-corrected chi connectivity index (χ2v) is 4.69. The Morgan fingerprint density at radius 3 is 2.62 bits per heavy atom.